The topological polar surface area (TPSA) is 29.5 Å². The zero-order valence-corrected chi connectivity index (χ0v) is 7.77. The normalized spacial score (nSPS) is 9.92. The van der Waals surface area contributed by atoms with E-state index >= 15 is 0 Å². The predicted octanol–water partition coefficient (Wildman–Crippen LogP) is 2.36. The van der Waals surface area contributed by atoms with Crippen LogP contribution in [0.1, 0.15) is 0 Å². The van der Waals surface area contributed by atoms with E-state index in [2.05, 4.69) is 0 Å². The number of hydrogen-bond acceptors (Lipinski definition) is 2. The molecule has 0 aliphatic rings. The van der Waals surface area contributed by atoms with Crippen molar-refractivity contribution in [2.45, 2.75) is 0 Å². The van der Waals surface area contributed by atoms with Crippen molar-refractivity contribution in [1.82, 2.24) is 0 Å². The van der Waals surface area contributed by atoms with Crippen LogP contribution in [0.5, 0.6) is 5.75 Å². The number of aliphatic hydroxyl groups excluding tert-OH is 1. The molecule has 0 aliphatic heterocycles. The van der Waals surface area contributed by atoms with Gasteiger partial charge in [0.05, 0.1) is 11.6 Å². The van der Waals surface area contributed by atoms with E-state index in [0.29, 0.717) is 15.8 Å². The van der Waals surface area contributed by atoms with Crippen LogP contribution < -0.4 is 4.74 Å². The van der Waals surface area contributed by atoms with E-state index in [1.165, 1.54) is 0 Å². The molecule has 1 aromatic carbocycles. The molecule has 0 bridgehead atoms. The van der Waals surface area contributed by atoms with Gasteiger partial charge in [-0.3, -0.25) is 0 Å². The molecule has 0 aliphatic carbocycles. The molecule has 12 heavy (non-hydrogen) atoms. The molecule has 1 N–H and O–H groups in total. The summed E-state index contributed by atoms with van der Waals surface area (Å²) in [7, 11) is 0. The summed E-state index contributed by atoms with van der Waals surface area (Å²) in [6.45, 7) is 0.183. The van der Waals surface area contributed by atoms with Crippen molar-refractivity contribution in [3.63, 3.8) is 0 Å². The van der Waals surface area contributed by atoms with Crippen LogP contribution in [-0.2, 0) is 0 Å². The van der Waals surface area contributed by atoms with E-state index in [4.69, 9.17) is 33.0 Å². The Kier molecular flexibility index (Phi) is 3.66. The summed E-state index contributed by atoms with van der Waals surface area (Å²) in [6.07, 6.45) is 0. The Morgan fingerprint density at radius 1 is 1.33 bits per heavy atom. The maximum Gasteiger partial charge on any atom is 0.139 e. The highest BCUT2D eigenvalue weighted by atomic mass is 35.5. The molecule has 0 radical (unpaired) electrons. The first kappa shape index (κ1) is 9.65. The van der Waals surface area contributed by atoms with E-state index in [0.717, 1.165) is 0 Å². The maximum atomic E-state index is 8.49. The highest BCUT2D eigenvalue weighted by Crippen LogP contribution is 2.31. The molecule has 0 spiro atoms. The Balaban J connectivity index is 2.78. The largest absolute Gasteiger partial charge is 0.490 e. The van der Waals surface area contributed by atoms with Gasteiger partial charge in [0.1, 0.15) is 17.4 Å². The van der Waals surface area contributed by atoms with Gasteiger partial charge >= 0.3 is 0 Å². The summed E-state index contributed by atoms with van der Waals surface area (Å²) >= 11 is 11.5. The van der Waals surface area contributed by atoms with Gasteiger partial charge in [-0.2, -0.15) is 0 Å². The molecule has 66 valence electrons. The fourth-order valence-corrected chi connectivity index (χ4v) is 1.10. The Labute approximate surface area is 80.7 Å². The fraction of sp³-hybridized carbons (Fsp3) is 0.250. The molecule has 0 unspecified atom stereocenters. The summed E-state index contributed by atoms with van der Waals surface area (Å²) < 4.78 is 5.10. The van der Waals surface area contributed by atoms with Gasteiger partial charge in [0.15, 0.2) is 0 Å². The van der Waals surface area contributed by atoms with Gasteiger partial charge in [-0.05, 0) is 12.1 Å². The van der Waals surface area contributed by atoms with Gasteiger partial charge in [0, 0.05) is 0 Å². The SMILES string of the molecule is OCCOc1cccc(Cl)c1Cl. The zero-order valence-electron chi connectivity index (χ0n) is 6.26. The number of ether oxygens (including phenoxy) is 1. The van der Waals surface area contributed by atoms with Crippen LogP contribution in [0.2, 0.25) is 10.0 Å². The number of aliphatic hydroxyl groups is 1. The minimum Gasteiger partial charge on any atom is -0.490 e. The van der Waals surface area contributed by atoms with Crippen molar-refractivity contribution >= 4 is 23.2 Å². The van der Waals surface area contributed by atoms with E-state index < -0.39 is 0 Å². The summed E-state index contributed by atoms with van der Waals surface area (Å²) in [5, 5.41) is 9.32. The van der Waals surface area contributed by atoms with Crippen LogP contribution in [0.4, 0.5) is 0 Å². The molecule has 0 amide bonds. The second kappa shape index (κ2) is 4.55. The number of rotatable bonds is 3. The quantitative estimate of drug-likeness (QED) is 0.824. The smallest absolute Gasteiger partial charge is 0.139 e. The lowest BCUT2D eigenvalue weighted by molar-refractivity contribution is 0.201. The lowest BCUT2D eigenvalue weighted by atomic mass is 10.3. The van der Waals surface area contributed by atoms with Crippen LogP contribution in [-0.4, -0.2) is 18.3 Å². The third-order valence-corrected chi connectivity index (χ3v) is 2.07. The molecule has 0 saturated carbocycles. The molecule has 4 heteroatoms. The van der Waals surface area contributed by atoms with E-state index in [9.17, 15) is 0 Å². The van der Waals surface area contributed by atoms with Gasteiger partial charge in [0.2, 0.25) is 0 Å². The van der Waals surface area contributed by atoms with Crippen molar-refractivity contribution < 1.29 is 9.84 Å². The first-order valence-corrected chi connectivity index (χ1v) is 4.19. The minimum absolute atomic E-state index is 0.0388. The molecule has 1 aromatic rings. The summed E-state index contributed by atoms with van der Waals surface area (Å²) in [5.41, 5.74) is 0. The molecule has 0 heterocycles. The van der Waals surface area contributed by atoms with Crippen molar-refractivity contribution in [2.75, 3.05) is 13.2 Å². The molecule has 0 saturated heterocycles. The molecular formula is C8H8Cl2O2. The third kappa shape index (κ3) is 2.27. The first-order valence-electron chi connectivity index (χ1n) is 3.43. The predicted molar refractivity (Wildman–Crippen MR) is 49.0 cm³/mol. The van der Waals surface area contributed by atoms with E-state index in [-0.39, 0.29) is 13.2 Å². The Morgan fingerprint density at radius 3 is 2.75 bits per heavy atom. The van der Waals surface area contributed by atoms with Crippen molar-refractivity contribution in [3.8, 4) is 5.75 Å². The minimum atomic E-state index is -0.0388. The average molecular weight is 207 g/mol. The molecular weight excluding hydrogens is 199 g/mol. The van der Waals surface area contributed by atoms with Crippen molar-refractivity contribution in [3.05, 3.63) is 28.2 Å². The third-order valence-electron chi connectivity index (χ3n) is 1.27. The van der Waals surface area contributed by atoms with Crippen molar-refractivity contribution in [2.24, 2.45) is 0 Å². The second-order valence-electron chi connectivity index (χ2n) is 2.12. The molecule has 0 fully saturated rings. The monoisotopic (exact) mass is 206 g/mol. The van der Waals surface area contributed by atoms with Gasteiger partial charge in [-0.15, -0.1) is 0 Å². The van der Waals surface area contributed by atoms with E-state index in [1.807, 2.05) is 0 Å². The summed E-state index contributed by atoms with van der Waals surface area (Å²) in [4.78, 5) is 0. The molecule has 0 atom stereocenters. The van der Waals surface area contributed by atoms with Crippen LogP contribution in [0.25, 0.3) is 0 Å². The Hall–Kier alpha value is -0.440. The van der Waals surface area contributed by atoms with Crippen LogP contribution in [0.3, 0.4) is 0 Å². The van der Waals surface area contributed by atoms with Crippen molar-refractivity contribution in [1.29, 1.82) is 0 Å². The van der Waals surface area contributed by atoms with E-state index in [1.54, 1.807) is 18.2 Å². The second-order valence-corrected chi connectivity index (χ2v) is 2.91. The Morgan fingerprint density at radius 2 is 2.08 bits per heavy atom. The van der Waals surface area contributed by atoms with Gasteiger partial charge in [-0.25, -0.2) is 0 Å². The molecule has 0 aromatic heterocycles. The standard InChI is InChI=1S/C8H8Cl2O2/c9-6-2-1-3-7(8(6)10)12-5-4-11/h1-3,11H,4-5H2. The first-order chi connectivity index (χ1) is 5.75. The van der Waals surface area contributed by atoms with Gasteiger partial charge < -0.3 is 9.84 Å². The highest BCUT2D eigenvalue weighted by molar-refractivity contribution is 6.42. The lowest BCUT2D eigenvalue weighted by Crippen LogP contribution is -2.01. The molecule has 1 rings (SSSR count). The fourth-order valence-electron chi connectivity index (χ4n) is 0.751. The average Bonchev–Trinajstić information content (AvgIpc) is 2.08. The summed E-state index contributed by atoms with van der Waals surface area (Å²) in [5.74, 6) is 0.498. The van der Waals surface area contributed by atoms with Crippen LogP contribution in [0.15, 0.2) is 18.2 Å². The highest BCUT2D eigenvalue weighted by Gasteiger charge is 2.03. The Bertz CT molecular complexity index is 263. The lowest BCUT2D eigenvalue weighted by Gasteiger charge is -2.06. The van der Waals surface area contributed by atoms with Gasteiger partial charge in [0.25, 0.3) is 0 Å². The van der Waals surface area contributed by atoms with Gasteiger partial charge in [-0.1, -0.05) is 29.3 Å². The number of hydrogen-bond donors (Lipinski definition) is 1. The van der Waals surface area contributed by atoms with Crippen LogP contribution >= 0.6 is 23.2 Å². The maximum absolute atomic E-state index is 8.49. The summed E-state index contributed by atoms with van der Waals surface area (Å²) in [6, 6.07) is 5.11. The number of halogens is 2. The zero-order chi connectivity index (χ0) is 8.97. The number of benzene rings is 1. The van der Waals surface area contributed by atoms with Crippen LogP contribution in [0, 0.1) is 0 Å². The molecule has 2 nitrogen and oxygen atoms in total.